The molecule has 24 heavy (non-hydrogen) atoms. The number of imidazole rings is 1. The summed E-state index contributed by atoms with van der Waals surface area (Å²) in [6.45, 7) is -0.746. The Balaban J connectivity index is 1.89. The van der Waals surface area contributed by atoms with Gasteiger partial charge in [0.15, 0.2) is 23.2 Å². The van der Waals surface area contributed by atoms with Gasteiger partial charge in [-0.25, -0.2) is 15.0 Å². The number of rotatable bonds is 6. The summed E-state index contributed by atoms with van der Waals surface area (Å²) in [5.74, 6) is 0.345. The molecule has 3 rings (SSSR count). The maximum absolute atomic E-state index is 10.1. The lowest BCUT2D eigenvalue weighted by Crippen LogP contribution is -2.33. The van der Waals surface area contributed by atoms with Crippen LogP contribution in [-0.4, -0.2) is 89.2 Å². The van der Waals surface area contributed by atoms with Crippen molar-refractivity contribution >= 4 is 17.0 Å². The van der Waals surface area contributed by atoms with Crippen LogP contribution in [0.3, 0.4) is 0 Å². The summed E-state index contributed by atoms with van der Waals surface area (Å²) in [7, 11) is 0. The van der Waals surface area contributed by atoms with Gasteiger partial charge in [-0.3, -0.25) is 4.57 Å². The Labute approximate surface area is 136 Å². The van der Waals surface area contributed by atoms with Crippen molar-refractivity contribution in [2.45, 2.75) is 30.6 Å². The highest BCUT2D eigenvalue weighted by Crippen LogP contribution is 2.31. The summed E-state index contributed by atoms with van der Waals surface area (Å²) in [6, 6.07) is 0. The van der Waals surface area contributed by atoms with Crippen molar-refractivity contribution in [2.24, 2.45) is 0 Å². The zero-order chi connectivity index (χ0) is 17.3. The second-order valence-corrected chi connectivity index (χ2v) is 5.49. The van der Waals surface area contributed by atoms with Crippen molar-refractivity contribution < 1.29 is 30.3 Å². The molecule has 6 N–H and O–H groups in total. The summed E-state index contributed by atoms with van der Waals surface area (Å²) >= 11 is 0. The number of anilines is 1. The molecular formula is C13H19N5O6. The maximum Gasteiger partial charge on any atom is 0.167 e. The Hall–Kier alpha value is -1.89. The minimum atomic E-state index is -1.25. The molecular weight excluding hydrogens is 322 g/mol. The van der Waals surface area contributed by atoms with Crippen LogP contribution in [0.15, 0.2) is 12.7 Å². The van der Waals surface area contributed by atoms with Crippen LogP contribution in [0, 0.1) is 0 Å². The lowest BCUT2D eigenvalue weighted by atomic mass is 10.1. The molecule has 0 aromatic carbocycles. The van der Waals surface area contributed by atoms with Crippen molar-refractivity contribution in [1.29, 1.82) is 0 Å². The Morgan fingerprint density at radius 2 is 2.00 bits per heavy atom. The van der Waals surface area contributed by atoms with E-state index in [-0.39, 0.29) is 6.54 Å². The van der Waals surface area contributed by atoms with Gasteiger partial charge in [-0.2, -0.15) is 0 Å². The van der Waals surface area contributed by atoms with Crippen LogP contribution < -0.4 is 5.32 Å². The molecule has 0 spiro atoms. The third kappa shape index (κ3) is 2.92. The quantitative estimate of drug-likeness (QED) is 0.323. The van der Waals surface area contributed by atoms with Gasteiger partial charge < -0.3 is 35.6 Å². The monoisotopic (exact) mass is 341 g/mol. The number of ether oxygens (including phenoxy) is 1. The van der Waals surface area contributed by atoms with E-state index in [0.717, 1.165) is 0 Å². The number of aromatic nitrogens is 4. The third-order valence-corrected chi connectivity index (χ3v) is 3.87. The van der Waals surface area contributed by atoms with Crippen LogP contribution in [0.2, 0.25) is 0 Å². The van der Waals surface area contributed by atoms with E-state index in [2.05, 4.69) is 20.3 Å². The van der Waals surface area contributed by atoms with Gasteiger partial charge in [-0.1, -0.05) is 0 Å². The highest BCUT2D eigenvalue weighted by molar-refractivity contribution is 5.82. The highest BCUT2D eigenvalue weighted by Gasteiger charge is 2.44. The molecule has 1 aliphatic heterocycles. The standard InChI is InChI=1S/C13H19N5O6/c19-2-6(21)1-14-11-8-12(16-4-15-11)18(5-17-8)13-10(23)9(22)7(3-20)24-13/h4-7,9-10,13,19-23H,1-3H2,(H,14,15,16)/t6?,7-,9?,10?,13-/m1/s1. The third-order valence-electron chi connectivity index (χ3n) is 3.87. The van der Waals surface area contributed by atoms with Crippen LogP contribution in [0.1, 0.15) is 6.23 Å². The second kappa shape index (κ2) is 6.93. The van der Waals surface area contributed by atoms with Crippen molar-refractivity contribution in [2.75, 3.05) is 25.1 Å². The second-order valence-electron chi connectivity index (χ2n) is 5.49. The minimum absolute atomic E-state index is 0.0727. The summed E-state index contributed by atoms with van der Waals surface area (Å²) < 4.78 is 6.90. The largest absolute Gasteiger partial charge is 0.394 e. The lowest BCUT2D eigenvalue weighted by Gasteiger charge is -2.16. The fraction of sp³-hybridized carbons (Fsp3) is 0.615. The van der Waals surface area contributed by atoms with E-state index in [1.807, 2.05) is 0 Å². The first kappa shape index (κ1) is 17.0. The molecule has 132 valence electrons. The van der Waals surface area contributed by atoms with Gasteiger partial charge in [0.05, 0.1) is 25.6 Å². The fourth-order valence-corrected chi connectivity index (χ4v) is 2.56. The van der Waals surface area contributed by atoms with E-state index in [1.54, 1.807) is 0 Å². The minimum Gasteiger partial charge on any atom is -0.394 e. The SMILES string of the molecule is OCC(O)CNc1ncnc2c1ncn2[C@@H]1O[C@H](CO)C(O)C1O. The Kier molecular flexibility index (Phi) is 4.89. The van der Waals surface area contributed by atoms with Gasteiger partial charge in [0.1, 0.15) is 24.6 Å². The predicted molar refractivity (Wildman–Crippen MR) is 79.9 cm³/mol. The number of hydrogen-bond acceptors (Lipinski definition) is 10. The molecule has 0 saturated carbocycles. The zero-order valence-electron chi connectivity index (χ0n) is 12.6. The van der Waals surface area contributed by atoms with Crippen LogP contribution in [0.5, 0.6) is 0 Å². The molecule has 2 aromatic heterocycles. The van der Waals surface area contributed by atoms with E-state index in [1.165, 1.54) is 17.2 Å². The van der Waals surface area contributed by atoms with E-state index in [4.69, 9.17) is 9.84 Å². The highest BCUT2D eigenvalue weighted by atomic mass is 16.6. The van der Waals surface area contributed by atoms with Gasteiger partial charge in [-0.05, 0) is 0 Å². The number of fused-ring (bicyclic) bond motifs is 1. The Morgan fingerprint density at radius 3 is 2.67 bits per heavy atom. The molecule has 11 nitrogen and oxygen atoms in total. The predicted octanol–water partition coefficient (Wildman–Crippen LogP) is -2.80. The normalized spacial score (nSPS) is 28.4. The summed E-state index contributed by atoms with van der Waals surface area (Å²) in [4.78, 5) is 12.3. The van der Waals surface area contributed by atoms with Gasteiger partial charge in [0, 0.05) is 6.54 Å². The molecule has 11 heteroatoms. The number of aliphatic hydroxyl groups excluding tert-OH is 5. The molecule has 1 aliphatic rings. The molecule has 1 fully saturated rings. The maximum atomic E-state index is 10.1. The van der Waals surface area contributed by atoms with Gasteiger partial charge in [0.2, 0.25) is 0 Å². The smallest absolute Gasteiger partial charge is 0.167 e. The molecule has 0 amide bonds. The summed E-state index contributed by atoms with van der Waals surface area (Å²) in [5, 5.41) is 50.2. The van der Waals surface area contributed by atoms with Crippen LogP contribution in [0.25, 0.3) is 11.2 Å². The number of hydrogen-bond donors (Lipinski definition) is 6. The molecule has 2 aromatic rings. The first-order valence-corrected chi connectivity index (χ1v) is 7.39. The van der Waals surface area contributed by atoms with Gasteiger partial charge >= 0.3 is 0 Å². The number of nitrogens with zero attached hydrogens (tertiary/aromatic N) is 4. The van der Waals surface area contributed by atoms with Crippen LogP contribution in [-0.2, 0) is 4.74 Å². The van der Waals surface area contributed by atoms with E-state index >= 15 is 0 Å². The fourth-order valence-electron chi connectivity index (χ4n) is 2.56. The molecule has 3 unspecified atom stereocenters. The van der Waals surface area contributed by atoms with Gasteiger partial charge in [0.25, 0.3) is 0 Å². The van der Waals surface area contributed by atoms with Crippen LogP contribution in [0.4, 0.5) is 5.82 Å². The Bertz CT molecular complexity index is 697. The summed E-state index contributed by atoms with van der Waals surface area (Å²) in [6.07, 6.45) is -2.62. The van der Waals surface area contributed by atoms with E-state index in [9.17, 15) is 20.4 Å². The zero-order valence-corrected chi connectivity index (χ0v) is 12.6. The molecule has 0 radical (unpaired) electrons. The average Bonchev–Trinajstić information content (AvgIpc) is 3.15. The van der Waals surface area contributed by atoms with Crippen molar-refractivity contribution in [1.82, 2.24) is 19.5 Å². The summed E-state index contributed by atoms with van der Waals surface area (Å²) in [5.41, 5.74) is 0.723. The lowest BCUT2D eigenvalue weighted by molar-refractivity contribution is -0.0511. The molecule has 0 aliphatic carbocycles. The van der Waals surface area contributed by atoms with Crippen molar-refractivity contribution in [3.63, 3.8) is 0 Å². The van der Waals surface area contributed by atoms with E-state index in [0.29, 0.717) is 17.0 Å². The van der Waals surface area contributed by atoms with E-state index < -0.39 is 43.9 Å². The number of aliphatic hydroxyl groups is 5. The first-order chi connectivity index (χ1) is 11.6. The molecule has 0 bridgehead atoms. The van der Waals surface area contributed by atoms with Gasteiger partial charge in [-0.15, -0.1) is 0 Å². The molecule has 1 saturated heterocycles. The number of nitrogens with one attached hydrogen (secondary N) is 1. The van der Waals surface area contributed by atoms with Crippen molar-refractivity contribution in [3.05, 3.63) is 12.7 Å². The first-order valence-electron chi connectivity index (χ1n) is 7.39. The molecule has 5 atom stereocenters. The van der Waals surface area contributed by atoms with Crippen LogP contribution >= 0.6 is 0 Å². The average molecular weight is 341 g/mol. The topological polar surface area (TPSA) is 166 Å². The Morgan fingerprint density at radius 1 is 1.21 bits per heavy atom. The molecule has 3 heterocycles. The van der Waals surface area contributed by atoms with Crippen molar-refractivity contribution in [3.8, 4) is 0 Å².